The molecule has 0 aliphatic heterocycles. The van der Waals surface area contributed by atoms with Crippen molar-refractivity contribution in [2.75, 3.05) is 23.8 Å². The number of methoxy groups -OCH3 is 1. The van der Waals surface area contributed by atoms with Crippen molar-refractivity contribution in [3.8, 4) is 5.75 Å². The number of nitrogens with one attached hydrogen (secondary N) is 1. The van der Waals surface area contributed by atoms with E-state index in [0.717, 1.165) is 9.87 Å². The number of para-hydroxylation sites is 2. The molecule has 0 spiro atoms. The van der Waals surface area contributed by atoms with Crippen molar-refractivity contribution in [2.24, 2.45) is 0 Å². The second-order valence-electron chi connectivity index (χ2n) is 7.58. The van der Waals surface area contributed by atoms with Gasteiger partial charge in [0.05, 0.1) is 23.3 Å². The van der Waals surface area contributed by atoms with E-state index in [0.29, 0.717) is 17.1 Å². The summed E-state index contributed by atoms with van der Waals surface area (Å²) in [6.07, 6.45) is -1.05. The molecule has 0 bridgehead atoms. The molecule has 0 aliphatic carbocycles. The van der Waals surface area contributed by atoms with E-state index in [4.69, 9.17) is 9.47 Å². The zero-order valence-electron chi connectivity index (χ0n) is 19.3. The third-order valence-corrected chi connectivity index (χ3v) is 6.90. The second-order valence-corrected chi connectivity index (χ2v) is 9.54. The molecule has 0 saturated carbocycles. The van der Waals surface area contributed by atoms with Gasteiger partial charge < -0.3 is 14.8 Å². The first-order valence-corrected chi connectivity index (χ1v) is 11.9. The van der Waals surface area contributed by atoms with Crippen molar-refractivity contribution in [2.45, 2.75) is 24.8 Å². The number of carbonyl (C=O) groups is 2. The SMILES string of the molecule is COc1ccccc1N(C)S(=O)(=O)c1ccc(C(=O)OC(C)C(=O)Nc2cccc(C)c2)cc1. The molecule has 0 fully saturated rings. The molecule has 8 nitrogen and oxygen atoms in total. The van der Waals surface area contributed by atoms with Crippen molar-refractivity contribution < 1.29 is 27.5 Å². The zero-order valence-corrected chi connectivity index (χ0v) is 20.1. The molecule has 9 heteroatoms. The van der Waals surface area contributed by atoms with E-state index in [1.807, 2.05) is 19.1 Å². The van der Waals surface area contributed by atoms with Crippen molar-refractivity contribution in [3.05, 3.63) is 83.9 Å². The molecule has 0 saturated heterocycles. The maximum atomic E-state index is 13.0. The number of carbonyl (C=O) groups excluding carboxylic acids is 2. The number of anilines is 2. The number of esters is 1. The summed E-state index contributed by atoms with van der Waals surface area (Å²) < 4.78 is 37.7. The van der Waals surface area contributed by atoms with Gasteiger partial charge in [-0.3, -0.25) is 9.10 Å². The fraction of sp³-hybridized carbons (Fsp3) is 0.200. The van der Waals surface area contributed by atoms with Gasteiger partial charge in [0.1, 0.15) is 5.75 Å². The summed E-state index contributed by atoms with van der Waals surface area (Å²) in [6, 6.07) is 19.3. The number of benzene rings is 3. The third-order valence-electron chi connectivity index (χ3n) is 5.11. The van der Waals surface area contributed by atoms with E-state index in [2.05, 4.69) is 5.32 Å². The Morgan fingerprint density at radius 3 is 2.29 bits per heavy atom. The lowest BCUT2D eigenvalue weighted by atomic mass is 10.2. The van der Waals surface area contributed by atoms with Crippen LogP contribution in [0.15, 0.2) is 77.7 Å². The summed E-state index contributed by atoms with van der Waals surface area (Å²) in [4.78, 5) is 24.8. The molecule has 34 heavy (non-hydrogen) atoms. The van der Waals surface area contributed by atoms with E-state index < -0.39 is 28.0 Å². The summed E-state index contributed by atoms with van der Waals surface area (Å²) in [5, 5.41) is 2.69. The van der Waals surface area contributed by atoms with Crippen LogP contribution in [0.5, 0.6) is 5.75 Å². The van der Waals surface area contributed by atoms with Gasteiger partial charge in [0.25, 0.3) is 15.9 Å². The summed E-state index contributed by atoms with van der Waals surface area (Å²) in [6.45, 7) is 3.36. The quantitative estimate of drug-likeness (QED) is 0.487. The maximum Gasteiger partial charge on any atom is 0.338 e. The highest BCUT2D eigenvalue weighted by Gasteiger charge is 2.25. The molecule has 1 N–H and O–H groups in total. The molecule has 0 radical (unpaired) electrons. The first-order valence-electron chi connectivity index (χ1n) is 10.4. The Bertz CT molecular complexity index is 1290. The van der Waals surface area contributed by atoms with E-state index in [1.165, 1.54) is 45.3 Å². The average Bonchev–Trinajstić information content (AvgIpc) is 2.83. The molecule has 3 rings (SSSR count). The standard InChI is InChI=1S/C25H26N2O6S/c1-17-8-7-9-20(16-17)26-24(28)18(2)33-25(29)19-12-14-21(15-13-19)34(30,31)27(3)22-10-5-6-11-23(22)32-4/h5-16,18H,1-4H3,(H,26,28). The predicted octanol–water partition coefficient (Wildman–Crippen LogP) is 4.01. The largest absolute Gasteiger partial charge is 0.495 e. The normalized spacial score (nSPS) is 11.9. The average molecular weight is 483 g/mol. The Balaban J connectivity index is 1.69. The van der Waals surface area contributed by atoms with Crippen LogP contribution in [-0.4, -0.2) is 40.6 Å². The smallest absolute Gasteiger partial charge is 0.338 e. The molecule has 1 amide bonds. The second kappa shape index (κ2) is 10.4. The van der Waals surface area contributed by atoms with Crippen LogP contribution in [0.1, 0.15) is 22.8 Å². The molecule has 0 heterocycles. The Kier molecular flexibility index (Phi) is 7.57. The van der Waals surface area contributed by atoms with Crippen molar-refractivity contribution in [3.63, 3.8) is 0 Å². The minimum absolute atomic E-state index is 0.0114. The summed E-state index contributed by atoms with van der Waals surface area (Å²) in [5.41, 5.74) is 2.08. The number of sulfonamides is 1. The van der Waals surface area contributed by atoms with Gasteiger partial charge in [0, 0.05) is 12.7 Å². The topological polar surface area (TPSA) is 102 Å². The molecule has 1 unspecified atom stereocenters. The van der Waals surface area contributed by atoms with Gasteiger partial charge in [-0.05, 0) is 67.9 Å². The van der Waals surface area contributed by atoms with E-state index >= 15 is 0 Å². The lowest BCUT2D eigenvalue weighted by Gasteiger charge is -2.21. The summed E-state index contributed by atoms with van der Waals surface area (Å²) in [5.74, 6) is -0.808. The fourth-order valence-corrected chi connectivity index (χ4v) is 4.40. The summed E-state index contributed by atoms with van der Waals surface area (Å²) in [7, 11) is -1.02. The van der Waals surface area contributed by atoms with Crippen LogP contribution in [0, 0.1) is 6.92 Å². The van der Waals surface area contributed by atoms with Crippen molar-refractivity contribution >= 4 is 33.3 Å². The molecule has 0 aliphatic rings. The van der Waals surface area contributed by atoms with Crippen LogP contribution in [0.4, 0.5) is 11.4 Å². The van der Waals surface area contributed by atoms with Gasteiger partial charge in [-0.2, -0.15) is 0 Å². The van der Waals surface area contributed by atoms with Crippen LogP contribution in [0.25, 0.3) is 0 Å². The van der Waals surface area contributed by atoms with Crippen molar-refractivity contribution in [1.29, 1.82) is 0 Å². The summed E-state index contributed by atoms with van der Waals surface area (Å²) >= 11 is 0. The fourth-order valence-electron chi connectivity index (χ4n) is 3.19. The number of aryl methyl sites for hydroxylation is 1. The first kappa shape index (κ1) is 24.8. The molecule has 1 atom stereocenters. The maximum absolute atomic E-state index is 13.0. The monoisotopic (exact) mass is 482 g/mol. The van der Waals surface area contributed by atoms with Crippen LogP contribution in [0.2, 0.25) is 0 Å². The minimum Gasteiger partial charge on any atom is -0.495 e. The molecular formula is C25H26N2O6S. The van der Waals surface area contributed by atoms with Gasteiger partial charge in [0.15, 0.2) is 6.10 Å². The van der Waals surface area contributed by atoms with Crippen LogP contribution < -0.4 is 14.4 Å². The van der Waals surface area contributed by atoms with E-state index in [-0.39, 0.29) is 10.5 Å². The lowest BCUT2D eigenvalue weighted by molar-refractivity contribution is -0.123. The Morgan fingerprint density at radius 2 is 1.65 bits per heavy atom. The van der Waals surface area contributed by atoms with Gasteiger partial charge in [-0.1, -0.05) is 24.3 Å². The van der Waals surface area contributed by atoms with E-state index in [1.54, 1.807) is 36.4 Å². The van der Waals surface area contributed by atoms with Gasteiger partial charge in [-0.15, -0.1) is 0 Å². The van der Waals surface area contributed by atoms with Gasteiger partial charge in [-0.25, -0.2) is 13.2 Å². The number of rotatable bonds is 8. The van der Waals surface area contributed by atoms with Crippen molar-refractivity contribution in [1.82, 2.24) is 0 Å². The molecule has 0 aromatic heterocycles. The number of hydrogen-bond donors (Lipinski definition) is 1. The highest BCUT2D eigenvalue weighted by molar-refractivity contribution is 7.92. The van der Waals surface area contributed by atoms with Crippen LogP contribution in [0.3, 0.4) is 0 Å². The number of ether oxygens (including phenoxy) is 2. The minimum atomic E-state index is -3.90. The van der Waals surface area contributed by atoms with Crippen LogP contribution >= 0.6 is 0 Å². The molecular weight excluding hydrogens is 456 g/mol. The predicted molar refractivity (Wildman–Crippen MR) is 130 cm³/mol. The molecule has 178 valence electrons. The Hall–Kier alpha value is -3.85. The molecule has 3 aromatic carbocycles. The Labute approximate surface area is 199 Å². The number of amides is 1. The Morgan fingerprint density at radius 1 is 0.971 bits per heavy atom. The van der Waals surface area contributed by atoms with Gasteiger partial charge in [0.2, 0.25) is 0 Å². The van der Waals surface area contributed by atoms with Gasteiger partial charge >= 0.3 is 5.97 Å². The molecule has 3 aromatic rings. The highest BCUT2D eigenvalue weighted by atomic mass is 32.2. The van der Waals surface area contributed by atoms with E-state index in [9.17, 15) is 18.0 Å². The van der Waals surface area contributed by atoms with Crippen LogP contribution in [-0.2, 0) is 19.6 Å². The lowest BCUT2D eigenvalue weighted by Crippen LogP contribution is -2.30. The number of hydrogen-bond acceptors (Lipinski definition) is 6. The zero-order chi connectivity index (χ0) is 24.9. The third kappa shape index (κ3) is 5.55. The first-order chi connectivity index (χ1) is 16.1. The highest BCUT2D eigenvalue weighted by Crippen LogP contribution is 2.30. The number of nitrogens with zero attached hydrogens (tertiary/aromatic N) is 1.